The minimum absolute atomic E-state index is 0.570. The lowest BCUT2D eigenvalue weighted by molar-refractivity contribution is 0.102. The zero-order chi connectivity index (χ0) is 14.2. The number of rotatable bonds is 4. The smallest absolute Gasteiger partial charge is 0.166 e. The van der Waals surface area contributed by atoms with E-state index in [2.05, 4.69) is 43.2 Å². The van der Waals surface area contributed by atoms with Gasteiger partial charge in [0.15, 0.2) is 6.29 Å². The lowest BCUT2D eigenvalue weighted by Crippen LogP contribution is -2.47. The molecule has 0 aromatic carbocycles. The van der Waals surface area contributed by atoms with Gasteiger partial charge in [0.1, 0.15) is 0 Å². The lowest BCUT2D eigenvalue weighted by Gasteiger charge is -2.40. The van der Waals surface area contributed by atoms with Gasteiger partial charge in [-0.1, -0.05) is 0 Å². The number of nitrogens with zero attached hydrogens (tertiary/aromatic N) is 2. The molecular weight excluding hydrogens is 236 g/mol. The van der Waals surface area contributed by atoms with Crippen LogP contribution < -0.4 is 0 Å². The van der Waals surface area contributed by atoms with Gasteiger partial charge in [0.25, 0.3) is 0 Å². The summed E-state index contributed by atoms with van der Waals surface area (Å²) in [4.78, 5) is 13.7. The average molecular weight is 262 g/mol. The summed E-state index contributed by atoms with van der Waals surface area (Å²) in [6.45, 7) is 9.10. The predicted octanol–water partition coefficient (Wildman–Crippen LogP) is 2.81. The first-order valence-corrected chi connectivity index (χ1v) is 7.35. The molecule has 2 rings (SSSR count). The van der Waals surface area contributed by atoms with Crippen LogP contribution in [0.5, 0.6) is 0 Å². The van der Waals surface area contributed by atoms with E-state index in [4.69, 9.17) is 0 Å². The van der Waals surface area contributed by atoms with Crippen LogP contribution >= 0.6 is 0 Å². The van der Waals surface area contributed by atoms with E-state index in [1.807, 2.05) is 7.05 Å². The highest BCUT2D eigenvalue weighted by Crippen LogP contribution is 2.28. The zero-order valence-corrected chi connectivity index (χ0v) is 12.8. The maximum atomic E-state index is 11.0. The van der Waals surface area contributed by atoms with Crippen molar-refractivity contribution < 1.29 is 4.79 Å². The zero-order valence-electron chi connectivity index (χ0n) is 12.8. The van der Waals surface area contributed by atoms with E-state index >= 15 is 0 Å². The first-order chi connectivity index (χ1) is 8.95. The summed E-state index contributed by atoms with van der Waals surface area (Å²) < 4.78 is 2.06. The van der Waals surface area contributed by atoms with Gasteiger partial charge in [0.05, 0.1) is 5.69 Å². The molecule has 1 aromatic rings. The van der Waals surface area contributed by atoms with E-state index in [0.717, 1.165) is 24.8 Å². The second kappa shape index (κ2) is 5.49. The van der Waals surface area contributed by atoms with Crippen molar-refractivity contribution in [2.75, 3.05) is 0 Å². The maximum absolute atomic E-state index is 11.0. The molecule has 1 aliphatic carbocycles. The molecule has 0 aliphatic heterocycles. The molecule has 1 heterocycles. The van der Waals surface area contributed by atoms with Crippen LogP contribution in [0.1, 0.15) is 55.9 Å². The van der Waals surface area contributed by atoms with Crippen LogP contribution in [0, 0.1) is 0 Å². The van der Waals surface area contributed by atoms with E-state index in [0.29, 0.717) is 18.1 Å². The molecule has 106 valence electrons. The van der Waals surface area contributed by atoms with Gasteiger partial charge in [-0.3, -0.25) is 9.69 Å². The Labute approximate surface area is 116 Å². The van der Waals surface area contributed by atoms with Crippen LogP contribution in [0.2, 0.25) is 0 Å². The Morgan fingerprint density at radius 2 is 1.95 bits per heavy atom. The van der Waals surface area contributed by atoms with Crippen molar-refractivity contribution in [1.82, 2.24) is 9.47 Å². The number of hydrogen-bond acceptors (Lipinski definition) is 2. The van der Waals surface area contributed by atoms with Crippen molar-refractivity contribution in [3.8, 4) is 0 Å². The van der Waals surface area contributed by atoms with Gasteiger partial charge in [-0.2, -0.15) is 0 Å². The Bertz CT molecular complexity index is 452. The largest absolute Gasteiger partial charge is 0.345 e. The third-order valence-electron chi connectivity index (χ3n) is 4.39. The molecule has 0 unspecified atom stereocenters. The van der Waals surface area contributed by atoms with E-state index in [9.17, 15) is 4.79 Å². The molecule has 0 saturated heterocycles. The van der Waals surface area contributed by atoms with Gasteiger partial charge in [0.2, 0.25) is 0 Å². The number of carbonyl (C=O) groups excluding carboxylic acids is 1. The highest BCUT2D eigenvalue weighted by molar-refractivity contribution is 5.73. The minimum Gasteiger partial charge on any atom is -0.345 e. The van der Waals surface area contributed by atoms with Crippen molar-refractivity contribution >= 4 is 6.29 Å². The summed E-state index contributed by atoms with van der Waals surface area (Å²) in [5, 5.41) is 0. The van der Waals surface area contributed by atoms with Crippen LogP contribution in [0.3, 0.4) is 0 Å². The summed E-state index contributed by atoms with van der Waals surface area (Å²) in [6, 6.07) is 3.82. The standard InChI is InChI=1S/C16H26N2O/c1-11(2)18(12(3)4)14-6-7-16-13(8-14)9-15(10-19)17(16)5/h9-12,14H,6-8H2,1-5H3/t14-/m1/s1. The summed E-state index contributed by atoms with van der Waals surface area (Å²) >= 11 is 0. The van der Waals surface area contributed by atoms with Crippen LogP contribution in [0.25, 0.3) is 0 Å². The molecule has 0 bridgehead atoms. The maximum Gasteiger partial charge on any atom is 0.166 e. The SMILES string of the molecule is CC(C)N(C(C)C)[C@@H]1CCc2c(cc(C=O)n2C)C1. The first kappa shape index (κ1) is 14.3. The molecule has 1 aromatic heterocycles. The van der Waals surface area contributed by atoms with Crippen LogP contribution in [-0.2, 0) is 19.9 Å². The topological polar surface area (TPSA) is 25.2 Å². The van der Waals surface area contributed by atoms with Crippen LogP contribution in [0.4, 0.5) is 0 Å². The summed E-state index contributed by atoms with van der Waals surface area (Å²) in [5.41, 5.74) is 3.53. The van der Waals surface area contributed by atoms with E-state index in [-0.39, 0.29) is 0 Å². The summed E-state index contributed by atoms with van der Waals surface area (Å²) in [7, 11) is 2.01. The fourth-order valence-electron chi connectivity index (χ4n) is 3.70. The highest BCUT2D eigenvalue weighted by atomic mass is 16.1. The fraction of sp³-hybridized carbons (Fsp3) is 0.688. The Morgan fingerprint density at radius 1 is 1.32 bits per heavy atom. The second-order valence-corrected chi connectivity index (χ2v) is 6.25. The predicted molar refractivity (Wildman–Crippen MR) is 78.7 cm³/mol. The van der Waals surface area contributed by atoms with Crippen molar-refractivity contribution in [1.29, 1.82) is 0 Å². The van der Waals surface area contributed by atoms with Crippen molar-refractivity contribution in [3.63, 3.8) is 0 Å². The third kappa shape index (κ3) is 2.62. The quantitative estimate of drug-likeness (QED) is 0.780. The molecule has 0 radical (unpaired) electrons. The first-order valence-electron chi connectivity index (χ1n) is 7.35. The van der Waals surface area contributed by atoms with Crippen molar-refractivity contribution in [3.05, 3.63) is 23.0 Å². The monoisotopic (exact) mass is 262 g/mol. The molecule has 0 N–H and O–H groups in total. The molecule has 1 aliphatic rings. The average Bonchev–Trinajstić information content (AvgIpc) is 2.65. The molecule has 0 spiro atoms. The molecule has 0 fully saturated rings. The van der Waals surface area contributed by atoms with Crippen molar-refractivity contribution in [2.45, 2.75) is 65.1 Å². The van der Waals surface area contributed by atoms with Gasteiger partial charge in [0, 0.05) is 30.9 Å². The lowest BCUT2D eigenvalue weighted by atomic mass is 9.90. The molecule has 3 nitrogen and oxygen atoms in total. The highest BCUT2D eigenvalue weighted by Gasteiger charge is 2.29. The fourth-order valence-corrected chi connectivity index (χ4v) is 3.70. The molecule has 0 amide bonds. The molecule has 1 atom stereocenters. The van der Waals surface area contributed by atoms with Gasteiger partial charge in [-0.25, -0.2) is 0 Å². The Balaban J connectivity index is 2.24. The number of carbonyl (C=O) groups is 1. The third-order valence-corrected chi connectivity index (χ3v) is 4.39. The summed E-state index contributed by atoms with van der Waals surface area (Å²) in [5.74, 6) is 0. The van der Waals surface area contributed by atoms with Crippen LogP contribution in [0.15, 0.2) is 6.07 Å². The van der Waals surface area contributed by atoms with Crippen LogP contribution in [-0.4, -0.2) is 33.9 Å². The van der Waals surface area contributed by atoms with Crippen molar-refractivity contribution in [2.24, 2.45) is 7.05 Å². The normalized spacial score (nSPS) is 19.3. The van der Waals surface area contributed by atoms with E-state index in [1.165, 1.54) is 17.7 Å². The van der Waals surface area contributed by atoms with Gasteiger partial charge < -0.3 is 4.57 Å². The Kier molecular flexibility index (Phi) is 4.14. The minimum atomic E-state index is 0.570. The molecule has 19 heavy (non-hydrogen) atoms. The Hall–Kier alpha value is -1.09. The molecular formula is C16H26N2O. The van der Waals surface area contributed by atoms with E-state index < -0.39 is 0 Å². The Morgan fingerprint density at radius 3 is 2.47 bits per heavy atom. The van der Waals surface area contributed by atoms with Gasteiger partial charge >= 0.3 is 0 Å². The van der Waals surface area contributed by atoms with E-state index in [1.54, 1.807) is 0 Å². The van der Waals surface area contributed by atoms with Gasteiger partial charge in [-0.15, -0.1) is 0 Å². The molecule has 3 heteroatoms. The number of aromatic nitrogens is 1. The number of hydrogen-bond donors (Lipinski definition) is 0. The second-order valence-electron chi connectivity index (χ2n) is 6.25. The van der Waals surface area contributed by atoms with Gasteiger partial charge in [-0.05, 0) is 58.6 Å². The number of fused-ring (bicyclic) bond motifs is 1. The number of aldehydes is 1. The molecule has 0 saturated carbocycles. The summed E-state index contributed by atoms with van der Waals surface area (Å²) in [6.07, 6.45) is 4.32.